The fraction of sp³-hybridized carbons (Fsp3) is 0.579. The van der Waals surface area contributed by atoms with Gasteiger partial charge in [-0.15, -0.1) is 0 Å². The molecule has 0 saturated heterocycles. The second-order valence-corrected chi connectivity index (χ2v) is 5.93. The Balaban J connectivity index is 2.32. The Hall–Kier alpha value is -1.64. The summed E-state index contributed by atoms with van der Waals surface area (Å²) in [5, 5.41) is 2.83. The van der Waals surface area contributed by atoms with E-state index in [0.29, 0.717) is 6.42 Å². The number of anilines is 1. The van der Waals surface area contributed by atoms with Gasteiger partial charge < -0.3 is 5.32 Å². The van der Waals surface area contributed by atoms with Crippen LogP contribution in [0.15, 0.2) is 30.3 Å². The second-order valence-electron chi connectivity index (χ2n) is 5.93. The molecule has 0 fully saturated rings. The Morgan fingerprint density at radius 2 is 1.55 bits per heavy atom. The van der Waals surface area contributed by atoms with Crippen molar-refractivity contribution in [2.45, 2.75) is 65.2 Å². The zero-order valence-electron chi connectivity index (χ0n) is 13.9. The first-order valence-corrected chi connectivity index (χ1v) is 8.51. The summed E-state index contributed by atoms with van der Waals surface area (Å²) in [6.07, 6.45) is 9.01. The molecule has 3 nitrogen and oxygen atoms in total. The van der Waals surface area contributed by atoms with Gasteiger partial charge in [-0.3, -0.25) is 9.59 Å². The van der Waals surface area contributed by atoms with E-state index in [2.05, 4.69) is 12.2 Å². The van der Waals surface area contributed by atoms with Crippen molar-refractivity contribution < 1.29 is 9.59 Å². The van der Waals surface area contributed by atoms with E-state index in [1.54, 1.807) is 0 Å². The largest absolute Gasteiger partial charge is 0.325 e. The molecule has 1 amide bonds. The Morgan fingerprint density at radius 1 is 0.955 bits per heavy atom. The number of ketones is 1. The van der Waals surface area contributed by atoms with Gasteiger partial charge in [0.1, 0.15) is 5.78 Å². The lowest BCUT2D eigenvalue weighted by Gasteiger charge is -2.14. The zero-order chi connectivity index (χ0) is 16.2. The number of para-hydroxylation sites is 1. The number of rotatable bonds is 11. The summed E-state index contributed by atoms with van der Waals surface area (Å²) >= 11 is 0. The number of unbranched alkanes of at least 4 members (excludes halogenated alkanes) is 6. The van der Waals surface area contributed by atoms with Crippen LogP contribution in [-0.4, -0.2) is 11.7 Å². The third kappa shape index (κ3) is 7.39. The molecule has 0 bridgehead atoms. The van der Waals surface area contributed by atoms with Crippen molar-refractivity contribution in [1.29, 1.82) is 0 Å². The monoisotopic (exact) mass is 303 g/mol. The average Bonchev–Trinajstić information content (AvgIpc) is 2.50. The molecule has 0 heterocycles. The molecule has 1 atom stereocenters. The number of carbonyl (C=O) groups excluding carboxylic acids is 2. The third-order valence-electron chi connectivity index (χ3n) is 3.94. The van der Waals surface area contributed by atoms with Crippen LogP contribution in [0.1, 0.15) is 65.2 Å². The molecule has 0 aromatic heterocycles. The number of hydrogen-bond acceptors (Lipinski definition) is 2. The first-order valence-electron chi connectivity index (χ1n) is 8.51. The molecule has 1 N–H and O–H groups in total. The van der Waals surface area contributed by atoms with Gasteiger partial charge in [0.25, 0.3) is 0 Å². The van der Waals surface area contributed by atoms with Crippen LogP contribution in [0.5, 0.6) is 0 Å². The fourth-order valence-electron chi connectivity index (χ4n) is 2.58. The predicted octanol–water partition coefficient (Wildman–Crippen LogP) is 4.97. The van der Waals surface area contributed by atoms with Crippen molar-refractivity contribution in [3.8, 4) is 0 Å². The van der Waals surface area contributed by atoms with E-state index in [1.807, 2.05) is 30.3 Å². The lowest BCUT2D eigenvalue weighted by atomic mass is 9.96. The topological polar surface area (TPSA) is 46.2 Å². The minimum atomic E-state index is -0.518. The first-order chi connectivity index (χ1) is 10.6. The number of amides is 1. The quantitative estimate of drug-likeness (QED) is 0.463. The van der Waals surface area contributed by atoms with Crippen molar-refractivity contribution in [1.82, 2.24) is 0 Å². The summed E-state index contributed by atoms with van der Waals surface area (Å²) in [5.41, 5.74) is 0.748. The highest BCUT2D eigenvalue weighted by Crippen LogP contribution is 2.16. The molecule has 1 unspecified atom stereocenters. The Kier molecular flexibility index (Phi) is 9.20. The predicted molar refractivity (Wildman–Crippen MR) is 91.9 cm³/mol. The number of carbonyl (C=O) groups is 2. The highest BCUT2D eigenvalue weighted by molar-refractivity contribution is 6.06. The van der Waals surface area contributed by atoms with Crippen LogP contribution in [0.3, 0.4) is 0 Å². The van der Waals surface area contributed by atoms with E-state index in [-0.39, 0.29) is 11.7 Å². The van der Waals surface area contributed by atoms with Gasteiger partial charge in [0.05, 0.1) is 5.92 Å². The van der Waals surface area contributed by atoms with Crippen LogP contribution in [0.4, 0.5) is 5.69 Å². The van der Waals surface area contributed by atoms with E-state index >= 15 is 0 Å². The molecule has 0 aliphatic carbocycles. The van der Waals surface area contributed by atoms with Gasteiger partial charge in [-0.2, -0.15) is 0 Å². The van der Waals surface area contributed by atoms with Crippen molar-refractivity contribution in [2.75, 3.05) is 5.32 Å². The number of Topliss-reactive ketones (excluding diaryl/α,β-unsaturated/α-hetero) is 1. The van der Waals surface area contributed by atoms with Gasteiger partial charge in [-0.05, 0) is 25.5 Å². The maximum atomic E-state index is 12.2. The molecule has 3 heteroatoms. The minimum Gasteiger partial charge on any atom is -0.325 e. The number of nitrogens with one attached hydrogen (secondary N) is 1. The summed E-state index contributed by atoms with van der Waals surface area (Å²) in [4.78, 5) is 23.9. The normalized spacial score (nSPS) is 11.9. The Morgan fingerprint density at radius 3 is 2.14 bits per heavy atom. The molecule has 0 spiro atoms. The van der Waals surface area contributed by atoms with E-state index in [4.69, 9.17) is 0 Å². The lowest BCUT2D eigenvalue weighted by molar-refractivity contribution is -0.130. The summed E-state index contributed by atoms with van der Waals surface area (Å²) in [6.45, 7) is 3.72. The molecule has 0 saturated carbocycles. The molecular formula is C19H29NO2. The first kappa shape index (κ1) is 18.4. The SMILES string of the molecule is CCCCCCCCCC(C(C)=O)C(=O)Nc1ccccc1. The molecule has 0 aliphatic heterocycles. The van der Waals surface area contributed by atoms with Gasteiger partial charge in [-0.25, -0.2) is 0 Å². The standard InChI is InChI=1S/C19H29NO2/c1-3-4-5-6-7-8-12-15-18(16(2)21)19(22)20-17-13-10-9-11-14-17/h9-11,13-14,18H,3-8,12,15H2,1-2H3,(H,20,22). The fourth-order valence-corrected chi connectivity index (χ4v) is 2.58. The van der Waals surface area contributed by atoms with E-state index < -0.39 is 5.92 Å². The summed E-state index contributed by atoms with van der Waals surface area (Å²) in [6, 6.07) is 9.31. The molecule has 22 heavy (non-hydrogen) atoms. The van der Waals surface area contributed by atoms with Gasteiger partial charge in [0.15, 0.2) is 0 Å². The van der Waals surface area contributed by atoms with Crippen LogP contribution in [0.25, 0.3) is 0 Å². The molecule has 1 aromatic carbocycles. The average molecular weight is 303 g/mol. The van der Waals surface area contributed by atoms with Gasteiger partial charge in [0, 0.05) is 5.69 Å². The van der Waals surface area contributed by atoms with E-state index in [1.165, 1.54) is 39.0 Å². The number of hydrogen-bond donors (Lipinski definition) is 1. The molecule has 0 aliphatic rings. The second kappa shape index (κ2) is 11.0. The van der Waals surface area contributed by atoms with E-state index in [9.17, 15) is 9.59 Å². The van der Waals surface area contributed by atoms with Crippen LogP contribution in [0, 0.1) is 5.92 Å². The molecule has 0 radical (unpaired) electrons. The van der Waals surface area contributed by atoms with Crippen molar-refractivity contribution in [3.05, 3.63) is 30.3 Å². The van der Waals surface area contributed by atoms with Crippen molar-refractivity contribution in [2.24, 2.45) is 5.92 Å². The minimum absolute atomic E-state index is 0.0422. The maximum Gasteiger partial charge on any atom is 0.234 e. The summed E-state index contributed by atoms with van der Waals surface area (Å²) in [5.74, 6) is -0.736. The zero-order valence-corrected chi connectivity index (χ0v) is 13.9. The smallest absolute Gasteiger partial charge is 0.234 e. The van der Waals surface area contributed by atoms with Gasteiger partial charge in [-0.1, -0.05) is 70.1 Å². The Labute approximate surface area is 134 Å². The maximum absolute atomic E-state index is 12.2. The van der Waals surface area contributed by atoms with Crippen LogP contribution in [-0.2, 0) is 9.59 Å². The van der Waals surface area contributed by atoms with Crippen LogP contribution < -0.4 is 5.32 Å². The summed E-state index contributed by atoms with van der Waals surface area (Å²) < 4.78 is 0. The highest BCUT2D eigenvalue weighted by atomic mass is 16.2. The molecule has 1 rings (SSSR count). The lowest BCUT2D eigenvalue weighted by Crippen LogP contribution is -2.28. The van der Waals surface area contributed by atoms with Gasteiger partial charge >= 0.3 is 0 Å². The summed E-state index contributed by atoms with van der Waals surface area (Å²) in [7, 11) is 0. The molecule has 1 aromatic rings. The van der Waals surface area contributed by atoms with Crippen LogP contribution in [0.2, 0.25) is 0 Å². The highest BCUT2D eigenvalue weighted by Gasteiger charge is 2.22. The van der Waals surface area contributed by atoms with Crippen molar-refractivity contribution >= 4 is 17.4 Å². The molecule has 122 valence electrons. The third-order valence-corrected chi connectivity index (χ3v) is 3.94. The van der Waals surface area contributed by atoms with Crippen LogP contribution >= 0.6 is 0 Å². The number of benzene rings is 1. The van der Waals surface area contributed by atoms with Gasteiger partial charge in [0.2, 0.25) is 5.91 Å². The molecular weight excluding hydrogens is 274 g/mol. The Bertz CT molecular complexity index is 442. The van der Waals surface area contributed by atoms with E-state index in [0.717, 1.165) is 18.5 Å². The van der Waals surface area contributed by atoms with Crippen molar-refractivity contribution in [3.63, 3.8) is 0 Å².